The van der Waals surface area contributed by atoms with Crippen molar-refractivity contribution in [3.63, 3.8) is 0 Å². The van der Waals surface area contributed by atoms with Gasteiger partial charge in [0.2, 0.25) is 0 Å². The fourth-order valence-corrected chi connectivity index (χ4v) is 5.78. The molecule has 3 heterocycles. The van der Waals surface area contributed by atoms with Crippen molar-refractivity contribution in [2.24, 2.45) is 5.11 Å². The maximum atomic E-state index is 12.9. The molecule has 2 aliphatic rings. The first kappa shape index (κ1) is 36.8. The molecule has 240 valence electrons. The van der Waals surface area contributed by atoms with E-state index in [1.54, 1.807) is 51.7 Å². The third-order valence-electron chi connectivity index (χ3n) is 7.03. The molecule has 0 bridgehead atoms. The number of aryl methyl sites for hydroxylation is 1. The van der Waals surface area contributed by atoms with E-state index in [0.29, 0.717) is 13.0 Å². The number of hydrogen-bond donors (Lipinski definition) is 1. The number of H-pyrrole nitrogens is 1. The molecule has 1 unspecified atom stereocenters. The molecule has 4 rings (SSSR count). The molecule has 1 amide bonds. The van der Waals surface area contributed by atoms with E-state index in [-0.39, 0.29) is 53.3 Å². The molecule has 0 saturated carbocycles. The molecule has 2 aromatic rings. The molecule has 45 heavy (non-hydrogen) atoms. The molecule has 18 heteroatoms. The SMILES string of the molecule is Cc1cn([C@H]2C[C@H](N=[N+]=[N-])[C@@H](COP(=O)([O-])Oc3ccc(C[C@H]4COC(C)(C)N4C(=O)OC(C)(C)C)cc3)O2)c(=O)[nH]c1=O.[Na+]. The first-order valence-electron chi connectivity index (χ1n) is 13.9. The zero-order valence-electron chi connectivity index (χ0n) is 26.3. The van der Waals surface area contributed by atoms with E-state index in [4.69, 9.17) is 28.8 Å². The zero-order chi connectivity index (χ0) is 32.4. The van der Waals surface area contributed by atoms with E-state index in [1.807, 2.05) is 0 Å². The number of phosphoric acid groups is 1. The Morgan fingerprint density at radius 2 is 1.93 bits per heavy atom. The predicted molar refractivity (Wildman–Crippen MR) is 154 cm³/mol. The molecule has 1 N–H and O–H groups in total. The molecule has 2 fully saturated rings. The number of benzene rings is 1. The van der Waals surface area contributed by atoms with Gasteiger partial charge in [-0.05, 0) is 71.2 Å². The predicted octanol–water partition coefficient (Wildman–Crippen LogP) is 0.294. The van der Waals surface area contributed by atoms with Gasteiger partial charge in [0, 0.05) is 23.1 Å². The quantitative estimate of drug-likeness (QED) is 0.128. The number of azide groups is 1. The van der Waals surface area contributed by atoms with Gasteiger partial charge in [-0.1, -0.05) is 17.2 Å². The fourth-order valence-electron chi connectivity index (χ4n) is 5.02. The second-order valence-electron chi connectivity index (χ2n) is 12.1. The number of rotatable bonds is 9. The van der Waals surface area contributed by atoms with Crippen LogP contribution in [0.25, 0.3) is 10.4 Å². The first-order valence-corrected chi connectivity index (χ1v) is 15.4. The van der Waals surface area contributed by atoms with Crippen LogP contribution in [0.2, 0.25) is 0 Å². The number of aromatic amines is 1. The van der Waals surface area contributed by atoms with Crippen molar-refractivity contribution in [2.45, 2.75) is 90.1 Å². The summed E-state index contributed by atoms with van der Waals surface area (Å²) in [7, 11) is -4.90. The first-order chi connectivity index (χ1) is 20.5. The van der Waals surface area contributed by atoms with Gasteiger partial charge in [-0.15, -0.1) is 0 Å². The van der Waals surface area contributed by atoms with Gasteiger partial charge < -0.3 is 28.2 Å². The van der Waals surface area contributed by atoms with Crippen LogP contribution in [-0.2, 0) is 29.7 Å². The van der Waals surface area contributed by atoms with Crippen LogP contribution in [0.15, 0.2) is 45.2 Å². The molecule has 2 saturated heterocycles. The summed E-state index contributed by atoms with van der Waals surface area (Å²) in [6.45, 7) is 10.2. The van der Waals surface area contributed by atoms with Gasteiger partial charge in [-0.25, -0.2) is 9.59 Å². The number of aromatic nitrogens is 2. The van der Waals surface area contributed by atoms with E-state index >= 15 is 0 Å². The molecular formula is C27H36N6NaO10P. The third-order valence-corrected chi connectivity index (χ3v) is 7.93. The Hall–Kier alpha value is -2.65. The minimum Gasteiger partial charge on any atom is -0.746 e. The zero-order valence-corrected chi connectivity index (χ0v) is 29.2. The summed E-state index contributed by atoms with van der Waals surface area (Å²) >= 11 is 0. The minimum absolute atomic E-state index is 0. The summed E-state index contributed by atoms with van der Waals surface area (Å²) in [5.41, 5.74) is 7.20. The molecule has 5 atom stereocenters. The molecule has 1 aromatic carbocycles. The molecule has 16 nitrogen and oxygen atoms in total. The summed E-state index contributed by atoms with van der Waals surface area (Å²) in [4.78, 5) is 56.0. The normalized spacial score (nSPS) is 23.8. The monoisotopic (exact) mass is 658 g/mol. The van der Waals surface area contributed by atoms with Crippen molar-refractivity contribution in [3.8, 4) is 5.75 Å². The van der Waals surface area contributed by atoms with E-state index in [0.717, 1.165) is 10.1 Å². The Morgan fingerprint density at radius 3 is 2.56 bits per heavy atom. The summed E-state index contributed by atoms with van der Waals surface area (Å²) in [5, 5.41) is 3.64. The Labute approximate surface area is 281 Å². The number of carbonyl (C=O) groups is 1. The Balaban J connectivity index is 0.00000552. The smallest absolute Gasteiger partial charge is 0.746 e. The van der Waals surface area contributed by atoms with Crippen molar-refractivity contribution in [3.05, 3.63) is 72.9 Å². The van der Waals surface area contributed by atoms with Gasteiger partial charge in [0.15, 0.2) is 0 Å². The van der Waals surface area contributed by atoms with Crippen molar-refractivity contribution >= 4 is 13.9 Å². The van der Waals surface area contributed by atoms with Crippen LogP contribution in [-0.4, -0.2) is 63.3 Å². The van der Waals surface area contributed by atoms with Gasteiger partial charge in [0.05, 0.1) is 31.4 Å². The van der Waals surface area contributed by atoms with Gasteiger partial charge >= 0.3 is 49.2 Å². The van der Waals surface area contributed by atoms with Crippen LogP contribution in [0, 0.1) is 6.92 Å². The van der Waals surface area contributed by atoms with Crippen LogP contribution in [0.4, 0.5) is 4.79 Å². The number of hydrogen-bond acceptors (Lipinski definition) is 11. The van der Waals surface area contributed by atoms with Gasteiger partial charge in [0.25, 0.3) is 5.56 Å². The minimum atomic E-state index is -4.90. The van der Waals surface area contributed by atoms with Gasteiger partial charge in [-0.3, -0.25) is 23.8 Å². The molecule has 1 aromatic heterocycles. The standard InChI is InChI=1S/C27H37N6O10P.Na/c1-16-13-32(24(35)29-23(16)34)22-12-20(30-31-28)21(41-22)15-40-44(37,38)43-19-9-7-17(8-10-19)11-18-14-39-27(5,6)33(18)25(36)42-26(2,3)4;/h7-10,13,18,20-22H,11-12,14-15H2,1-6H3,(H,37,38)(H,29,34,35);/q;+1/p-1/t18-,20-,21+,22+;/m0./s1. The molecule has 0 radical (unpaired) electrons. The maximum absolute atomic E-state index is 12.9. The maximum Gasteiger partial charge on any atom is 1.00 e. The second-order valence-corrected chi connectivity index (χ2v) is 13.4. The van der Waals surface area contributed by atoms with E-state index in [2.05, 4.69) is 15.0 Å². The Bertz CT molecular complexity index is 1580. The molecule has 2 aliphatic heterocycles. The summed E-state index contributed by atoms with van der Waals surface area (Å²) < 4.78 is 41.1. The number of nitrogens with zero attached hydrogens (tertiary/aromatic N) is 5. The van der Waals surface area contributed by atoms with Crippen molar-refractivity contribution in [1.29, 1.82) is 0 Å². The van der Waals surface area contributed by atoms with Crippen molar-refractivity contribution in [2.75, 3.05) is 13.2 Å². The van der Waals surface area contributed by atoms with Crippen LogP contribution in [0.5, 0.6) is 5.75 Å². The Kier molecular flexibility index (Phi) is 11.8. The molecule has 0 spiro atoms. The van der Waals surface area contributed by atoms with Crippen LogP contribution >= 0.6 is 7.82 Å². The van der Waals surface area contributed by atoms with Crippen LogP contribution in [0.1, 0.15) is 58.4 Å². The Morgan fingerprint density at radius 1 is 1.27 bits per heavy atom. The van der Waals surface area contributed by atoms with Crippen LogP contribution in [0.3, 0.4) is 0 Å². The van der Waals surface area contributed by atoms with E-state index in [1.165, 1.54) is 25.3 Å². The number of nitrogens with one attached hydrogen (secondary N) is 1. The number of carbonyl (C=O) groups excluding carboxylic acids is 1. The van der Waals surface area contributed by atoms with Crippen LogP contribution < -0.4 is 50.2 Å². The molecular weight excluding hydrogens is 622 g/mol. The average Bonchev–Trinajstić information content (AvgIpc) is 3.44. The number of phosphoric ester groups is 1. The van der Waals surface area contributed by atoms with E-state index < -0.39 is 61.5 Å². The average molecular weight is 659 g/mol. The third kappa shape index (κ3) is 9.44. The van der Waals surface area contributed by atoms with Crippen molar-refractivity contribution < 1.29 is 67.1 Å². The summed E-state index contributed by atoms with van der Waals surface area (Å²) in [5.74, 6) is -0.00818. The van der Waals surface area contributed by atoms with E-state index in [9.17, 15) is 23.8 Å². The second kappa shape index (κ2) is 14.4. The van der Waals surface area contributed by atoms with Crippen molar-refractivity contribution in [1.82, 2.24) is 14.5 Å². The number of amides is 1. The van der Waals surface area contributed by atoms with Gasteiger partial charge in [-0.2, -0.15) is 0 Å². The number of ether oxygens (including phenoxy) is 3. The summed E-state index contributed by atoms with van der Waals surface area (Å²) in [6, 6.07) is 5.08. The van der Waals surface area contributed by atoms with Gasteiger partial charge in [0.1, 0.15) is 23.3 Å². The molecule has 0 aliphatic carbocycles. The fraction of sp³-hybridized carbons (Fsp3) is 0.593. The largest absolute Gasteiger partial charge is 1.00 e. The topological polar surface area (TPSA) is 210 Å². The summed E-state index contributed by atoms with van der Waals surface area (Å²) in [6.07, 6.45) is -0.659.